The van der Waals surface area contributed by atoms with Gasteiger partial charge in [-0.25, -0.2) is 9.59 Å². The first-order chi connectivity index (χ1) is 9.36. The molecule has 1 aromatic rings. The molecule has 2 amide bonds. The van der Waals surface area contributed by atoms with E-state index in [-0.39, 0.29) is 18.0 Å². The number of carboxylic acids is 1. The van der Waals surface area contributed by atoms with Crippen molar-refractivity contribution >= 4 is 33.6 Å². The van der Waals surface area contributed by atoms with Crippen LogP contribution >= 0.6 is 15.9 Å². The summed E-state index contributed by atoms with van der Waals surface area (Å²) >= 11 is 3.13. The molecule has 0 radical (unpaired) electrons. The summed E-state index contributed by atoms with van der Waals surface area (Å²) in [5.41, 5.74) is 0.446. The summed E-state index contributed by atoms with van der Waals surface area (Å²) in [7, 11) is 1.58. The fourth-order valence-electron chi connectivity index (χ4n) is 1.45. The van der Waals surface area contributed by atoms with E-state index in [2.05, 4.69) is 21.2 Å². The molecule has 0 aliphatic rings. The van der Waals surface area contributed by atoms with Crippen LogP contribution in [0, 0.1) is 11.3 Å². The zero-order valence-electron chi connectivity index (χ0n) is 11.1. The van der Waals surface area contributed by atoms with Crippen LogP contribution in [0.3, 0.4) is 0 Å². The van der Waals surface area contributed by atoms with Crippen LogP contribution in [0.1, 0.15) is 23.7 Å². The molecule has 0 aliphatic heterocycles. The van der Waals surface area contributed by atoms with Crippen LogP contribution in [0.15, 0.2) is 22.7 Å². The Bertz CT molecular complexity index is 568. The van der Waals surface area contributed by atoms with Gasteiger partial charge in [-0.2, -0.15) is 5.26 Å². The first kappa shape index (κ1) is 16.0. The molecule has 0 heterocycles. The van der Waals surface area contributed by atoms with Crippen molar-refractivity contribution in [2.45, 2.75) is 19.4 Å². The van der Waals surface area contributed by atoms with Crippen LogP contribution in [0.5, 0.6) is 0 Å². The van der Waals surface area contributed by atoms with Crippen molar-refractivity contribution in [2.75, 3.05) is 12.4 Å². The molecule has 2 N–H and O–H groups in total. The van der Waals surface area contributed by atoms with Crippen molar-refractivity contribution in [2.24, 2.45) is 0 Å². The second-order valence-corrected chi connectivity index (χ2v) is 5.11. The normalized spacial score (nSPS) is 11.3. The molecule has 1 unspecified atom stereocenters. The molecule has 0 aliphatic carbocycles. The Labute approximate surface area is 125 Å². The SMILES string of the molecule is CC(CC#N)N(C)C(=O)Nc1ccc(Br)c(C(=O)O)c1. The average molecular weight is 340 g/mol. The highest BCUT2D eigenvalue weighted by Gasteiger charge is 2.16. The van der Waals surface area contributed by atoms with E-state index in [0.29, 0.717) is 10.2 Å². The number of nitriles is 1. The standard InChI is InChI=1S/C13H14BrN3O3/c1-8(5-6-15)17(2)13(20)16-9-3-4-11(14)10(7-9)12(18)19/h3-4,7-8H,5H2,1-2H3,(H,16,20)(H,18,19). The summed E-state index contributed by atoms with van der Waals surface area (Å²) in [6.07, 6.45) is 0.227. The lowest BCUT2D eigenvalue weighted by atomic mass is 10.2. The number of nitrogens with zero attached hydrogens (tertiary/aromatic N) is 2. The van der Waals surface area contributed by atoms with Gasteiger partial charge in [-0.05, 0) is 41.1 Å². The van der Waals surface area contributed by atoms with Gasteiger partial charge >= 0.3 is 12.0 Å². The minimum Gasteiger partial charge on any atom is -0.478 e. The van der Waals surface area contributed by atoms with Crippen molar-refractivity contribution in [1.82, 2.24) is 4.90 Å². The van der Waals surface area contributed by atoms with Gasteiger partial charge in [0.15, 0.2) is 0 Å². The number of amides is 2. The third-order valence-electron chi connectivity index (χ3n) is 2.82. The molecule has 106 valence electrons. The van der Waals surface area contributed by atoms with Gasteiger partial charge in [-0.15, -0.1) is 0 Å². The van der Waals surface area contributed by atoms with Crippen molar-refractivity contribution in [3.05, 3.63) is 28.2 Å². The summed E-state index contributed by atoms with van der Waals surface area (Å²) in [5, 5.41) is 20.2. The maximum atomic E-state index is 11.9. The Morgan fingerprint density at radius 3 is 2.75 bits per heavy atom. The number of rotatable bonds is 4. The van der Waals surface area contributed by atoms with Crippen molar-refractivity contribution in [3.63, 3.8) is 0 Å². The van der Waals surface area contributed by atoms with Gasteiger partial charge in [0.05, 0.1) is 18.1 Å². The number of carbonyl (C=O) groups excluding carboxylic acids is 1. The zero-order chi connectivity index (χ0) is 15.3. The molecule has 6 nitrogen and oxygen atoms in total. The highest BCUT2D eigenvalue weighted by molar-refractivity contribution is 9.10. The molecule has 1 aromatic carbocycles. The molecule has 0 bridgehead atoms. The van der Waals surface area contributed by atoms with Gasteiger partial charge in [-0.1, -0.05) is 0 Å². The zero-order valence-corrected chi connectivity index (χ0v) is 12.6. The summed E-state index contributed by atoms with van der Waals surface area (Å²) in [6.45, 7) is 1.76. The van der Waals surface area contributed by atoms with Gasteiger partial charge in [0, 0.05) is 23.2 Å². The van der Waals surface area contributed by atoms with E-state index in [4.69, 9.17) is 10.4 Å². The van der Waals surface area contributed by atoms with Crippen LogP contribution in [0.2, 0.25) is 0 Å². The second kappa shape index (κ2) is 6.91. The number of anilines is 1. The second-order valence-electron chi connectivity index (χ2n) is 4.25. The molecule has 7 heteroatoms. The third kappa shape index (κ3) is 3.96. The van der Waals surface area contributed by atoms with Gasteiger partial charge in [0.1, 0.15) is 0 Å². The van der Waals surface area contributed by atoms with Gasteiger partial charge < -0.3 is 15.3 Å². The number of urea groups is 1. The quantitative estimate of drug-likeness (QED) is 0.881. The highest BCUT2D eigenvalue weighted by Crippen LogP contribution is 2.21. The molecule has 0 spiro atoms. The Morgan fingerprint density at radius 1 is 1.55 bits per heavy atom. The van der Waals surface area contributed by atoms with E-state index < -0.39 is 12.0 Å². The smallest absolute Gasteiger partial charge is 0.336 e. The number of nitrogens with one attached hydrogen (secondary N) is 1. The van der Waals surface area contributed by atoms with E-state index in [0.717, 1.165) is 0 Å². The summed E-state index contributed by atoms with van der Waals surface area (Å²) in [6, 6.07) is 5.88. The van der Waals surface area contributed by atoms with Crippen LogP contribution < -0.4 is 5.32 Å². The Morgan fingerprint density at radius 2 is 2.20 bits per heavy atom. The monoisotopic (exact) mass is 339 g/mol. The number of hydrogen-bond acceptors (Lipinski definition) is 3. The number of benzene rings is 1. The number of carbonyl (C=O) groups is 2. The predicted octanol–water partition coefficient (Wildman–Crippen LogP) is 2.91. The van der Waals surface area contributed by atoms with E-state index in [1.165, 1.54) is 11.0 Å². The van der Waals surface area contributed by atoms with Crippen molar-refractivity contribution < 1.29 is 14.7 Å². The van der Waals surface area contributed by atoms with Crippen LogP contribution in [-0.4, -0.2) is 35.1 Å². The van der Waals surface area contributed by atoms with Crippen molar-refractivity contribution in [3.8, 4) is 6.07 Å². The molecule has 20 heavy (non-hydrogen) atoms. The lowest BCUT2D eigenvalue weighted by Crippen LogP contribution is -2.38. The van der Waals surface area contributed by atoms with Gasteiger partial charge in [0.25, 0.3) is 0 Å². The highest BCUT2D eigenvalue weighted by atomic mass is 79.9. The Balaban J connectivity index is 2.84. The van der Waals surface area contributed by atoms with E-state index in [1.807, 2.05) is 6.07 Å². The first-order valence-corrected chi connectivity index (χ1v) is 6.59. The molecule has 1 atom stereocenters. The summed E-state index contributed by atoms with van der Waals surface area (Å²) in [4.78, 5) is 24.3. The molecule has 1 rings (SSSR count). The Kier molecular flexibility index (Phi) is 5.53. The Hall–Kier alpha value is -2.07. The van der Waals surface area contributed by atoms with E-state index >= 15 is 0 Å². The molecule has 0 aromatic heterocycles. The molecule has 0 saturated carbocycles. The maximum absolute atomic E-state index is 11.9. The third-order valence-corrected chi connectivity index (χ3v) is 3.51. The molecular formula is C13H14BrN3O3. The summed E-state index contributed by atoms with van der Waals surface area (Å²) in [5.74, 6) is -1.08. The molecule has 0 fully saturated rings. The van der Waals surface area contributed by atoms with Gasteiger partial charge in [0.2, 0.25) is 0 Å². The largest absolute Gasteiger partial charge is 0.478 e. The summed E-state index contributed by atoms with van der Waals surface area (Å²) < 4.78 is 0.439. The molecular weight excluding hydrogens is 326 g/mol. The first-order valence-electron chi connectivity index (χ1n) is 5.80. The fourth-order valence-corrected chi connectivity index (χ4v) is 1.86. The number of carboxylic acid groups (broad SMARTS) is 1. The number of hydrogen-bond donors (Lipinski definition) is 2. The fraction of sp³-hybridized carbons (Fsp3) is 0.308. The predicted molar refractivity (Wildman–Crippen MR) is 77.6 cm³/mol. The minimum absolute atomic E-state index is 0.0653. The maximum Gasteiger partial charge on any atom is 0.336 e. The van der Waals surface area contributed by atoms with Crippen LogP contribution in [-0.2, 0) is 0 Å². The van der Waals surface area contributed by atoms with E-state index in [1.54, 1.807) is 26.1 Å². The van der Waals surface area contributed by atoms with Crippen LogP contribution in [0.4, 0.5) is 10.5 Å². The topological polar surface area (TPSA) is 93.4 Å². The van der Waals surface area contributed by atoms with Crippen LogP contribution in [0.25, 0.3) is 0 Å². The number of aromatic carboxylic acids is 1. The average Bonchev–Trinajstić information content (AvgIpc) is 2.39. The minimum atomic E-state index is -1.08. The van der Waals surface area contributed by atoms with Crippen molar-refractivity contribution in [1.29, 1.82) is 5.26 Å². The lowest BCUT2D eigenvalue weighted by Gasteiger charge is -2.23. The van der Waals surface area contributed by atoms with E-state index in [9.17, 15) is 9.59 Å². The molecule has 0 saturated heterocycles. The lowest BCUT2D eigenvalue weighted by molar-refractivity contribution is 0.0696. The number of halogens is 1. The van der Waals surface area contributed by atoms with Gasteiger partial charge in [-0.3, -0.25) is 0 Å².